The van der Waals surface area contributed by atoms with Crippen LogP contribution in [0, 0.1) is 0 Å². The summed E-state index contributed by atoms with van der Waals surface area (Å²) in [7, 11) is 2.99. The number of hydrogen-bond acceptors (Lipinski definition) is 5. The second kappa shape index (κ2) is 4.66. The Kier molecular flexibility index (Phi) is 3.80. The fraction of sp³-hybridized carbons (Fsp3) is 0.875. The first-order valence-corrected chi connectivity index (χ1v) is 4.05. The Hall–Kier alpha value is -0.490. The zero-order valence-corrected chi connectivity index (χ0v) is 7.67. The Balaban J connectivity index is 2.60. The fourth-order valence-corrected chi connectivity index (χ4v) is 1.47. The molecule has 1 heterocycles. The van der Waals surface area contributed by atoms with Crippen LogP contribution in [0.25, 0.3) is 0 Å². The fourth-order valence-electron chi connectivity index (χ4n) is 1.47. The second-order valence-electron chi connectivity index (χ2n) is 2.92. The van der Waals surface area contributed by atoms with E-state index in [9.17, 15) is 9.90 Å². The van der Waals surface area contributed by atoms with Crippen molar-refractivity contribution in [2.24, 2.45) is 0 Å². The van der Waals surface area contributed by atoms with Crippen LogP contribution in [0.4, 0.5) is 0 Å². The van der Waals surface area contributed by atoms with E-state index in [0.717, 1.165) is 0 Å². The first-order chi connectivity index (χ1) is 6.24. The van der Waals surface area contributed by atoms with Crippen LogP contribution in [0.3, 0.4) is 0 Å². The molecule has 4 unspecified atom stereocenters. The zero-order valence-electron chi connectivity index (χ0n) is 7.67. The van der Waals surface area contributed by atoms with E-state index >= 15 is 0 Å². The van der Waals surface area contributed by atoms with Crippen LogP contribution >= 0.6 is 0 Å². The number of carbonyl (C=O) groups is 1. The van der Waals surface area contributed by atoms with Crippen molar-refractivity contribution in [2.75, 3.05) is 20.8 Å². The van der Waals surface area contributed by atoms with Crippen molar-refractivity contribution in [2.45, 2.75) is 24.4 Å². The lowest BCUT2D eigenvalue weighted by Gasteiger charge is -2.17. The number of aldehydes is 1. The summed E-state index contributed by atoms with van der Waals surface area (Å²) >= 11 is 0. The standard InChI is InChI=1S/C8H14O5/c1-11-4-6-8(12-2)7(10)5(3-9)13-6/h3,5-8,10H,4H2,1-2H3. The van der Waals surface area contributed by atoms with E-state index in [1.54, 1.807) is 0 Å². The van der Waals surface area contributed by atoms with E-state index in [-0.39, 0.29) is 6.10 Å². The predicted octanol–water partition coefficient (Wildman–Crippen LogP) is -1.02. The van der Waals surface area contributed by atoms with Gasteiger partial charge >= 0.3 is 0 Å². The van der Waals surface area contributed by atoms with Crippen molar-refractivity contribution in [3.05, 3.63) is 0 Å². The third-order valence-corrected chi connectivity index (χ3v) is 2.11. The molecule has 0 saturated carbocycles. The lowest BCUT2D eigenvalue weighted by molar-refractivity contribution is -0.121. The van der Waals surface area contributed by atoms with Crippen LogP contribution in [0.1, 0.15) is 0 Å². The summed E-state index contributed by atoms with van der Waals surface area (Å²) in [6.45, 7) is 0.305. The summed E-state index contributed by atoms with van der Waals surface area (Å²) in [5.74, 6) is 0. The minimum Gasteiger partial charge on any atom is -0.387 e. The van der Waals surface area contributed by atoms with Crippen LogP contribution in [-0.4, -0.2) is 56.6 Å². The minimum atomic E-state index is -0.900. The maximum absolute atomic E-state index is 10.4. The van der Waals surface area contributed by atoms with Gasteiger partial charge in [0.2, 0.25) is 0 Å². The minimum absolute atomic E-state index is 0.305. The van der Waals surface area contributed by atoms with Crippen LogP contribution in [0.2, 0.25) is 0 Å². The molecule has 0 amide bonds. The highest BCUT2D eigenvalue weighted by atomic mass is 16.6. The van der Waals surface area contributed by atoms with E-state index in [1.807, 2.05) is 0 Å². The van der Waals surface area contributed by atoms with Crippen molar-refractivity contribution in [1.29, 1.82) is 0 Å². The van der Waals surface area contributed by atoms with Gasteiger partial charge < -0.3 is 24.1 Å². The van der Waals surface area contributed by atoms with Crippen molar-refractivity contribution in [3.63, 3.8) is 0 Å². The molecule has 0 aromatic carbocycles. The topological polar surface area (TPSA) is 65.0 Å². The molecular formula is C8H14O5. The van der Waals surface area contributed by atoms with E-state index in [1.165, 1.54) is 14.2 Å². The Morgan fingerprint density at radius 1 is 1.54 bits per heavy atom. The first-order valence-electron chi connectivity index (χ1n) is 4.05. The molecule has 5 nitrogen and oxygen atoms in total. The smallest absolute Gasteiger partial charge is 0.151 e. The van der Waals surface area contributed by atoms with Crippen LogP contribution in [0.15, 0.2) is 0 Å². The molecule has 1 N–H and O–H groups in total. The van der Waals surface area contributed by atoms with Gasteiger partial charge in [-0.05, 0) is 0 Å². The summed E-state index contributed by atoms with van der Waals surface area (Å²) in [4.78, 5) is 10.4. The maximum Gasteiger partial charge on any atom is 0.151 e. The van der Waals surface area contributed by atoms with Gasteiger partial charge in [0.25, 0.3) is 0 Å². The van der Waals surface area contributed by atoms with Crippen molar-refractivity contribution in [1.82, 2.24) is 0 Å². The van der Waals surface area contributed by atoms with E-state index in [0.29, 0.717) is 12.9 Å². The number of aliphatic hydroxyl groups is 1. The van der Waals surface area contributed by atoms with Crippen molar-refractivity contribution in [3.8, 4) is 0 Å². The van der Waals surface area contributed by atoms with Gasteiger partial charge in [-0.15, -0.1) is 0 Å². The number of hydrogen-bond donors (Lipinski definition) is 1. The van der Waals surface area contributed by atoms with Gasteiger partial charge in [0.15, 0.2) is 6.29 Å². The van der Waals surface area contributed by atoms with Crippen LogP contribution in [0.5, 0.6) is 0 Å². The molecule has 0 bridgehead atoms. The largest absolute Gasteiger partial charge is 0.387 e. The maximum atomic E-state index is 10.4. The zero-order chi connectivity index (χ0) is 9.84. The Labute approximate surface area is 76.6 Å². The molecule has 0 spiro atoms. The summed E-state index contributed by atoms with van der Waals surface area (Å²) in [6, 6.07) is 0. The third-order valence-electron chi connectivity index (χ3n) is 2.11. The van der Waals surface area contributed by atoms with E-state index in [4.69, 9.17) is 14.2 Å². The van der Waals surface area contributed by atoms with Gasteiger partial charge in [-0.25, -0.2) is 0 Å². The lowest BCUT2D eigenvalue weighted by Crippen LogP contribution is -2.36. The number of carbonyl (C=O) groups excluding carboxylic acids is 1. The molecule has 1 aliphatic rings. The number of ether oxygens (including phenoxy) is 3. The molecule has 1 rings (SSSR count). The Morgan fingerprint density at radius 2 is 2.23 bits per heavy atom. The Bertz CT molecular complexity index is 172. The molecule has 5 heteroatoms. The number of aliphatic hydroxyl groups excluding tert-OH is 1. The molecule has 0 radical (unpaired) electrons. The molecule has 0 aromatic heterocycles. The molecule has 76 valence electrons. The molecule has 1 aliphatic heterocycles. The summed E-state index contributed by atoms with van der Waals surface area (Å²) < 4.78 is 15.1. The molecule has 0 aliphatic carbocycles. The average molecular weight is 190 g/mol. The van der Waals surface area contributed by atoms with Gasteiger partial charge in [-0.2, -0.15) is 0 Å². The quantitative estimate of drug-likeness (QED) is 0.574. The predicted molar refractivity (Wildman–Crippen MR) is 43.4 cm³/mol. The lowest BCUT2D eigenvalue weighted by atomic mass is 10.1. The monoisotopic (exact) mass is 190 g/mol. The normalized spacial score (nSPS) is 39.3. The summed E-state index contributed by atoms with van der Waals surface area (Å²) in [5, 5.41) is 9.51. The second-order valence-corrected chi connectivity index (χ2v) is 2.92. The number of rotatable bonds is 4. The Morgan fingerprint density at radius 3 is 2.69 bits per heavy atom. The van der Waals surface area contributed by atoms with Gasteiger partial charge in [0, 0.05) is 14.2 Å². The van der Waals surface area contributed by atoms with Gasteiger partial charge in [-0.3, -0.25) is 0 Å². The average Bonchev–Trinajstić information content (AvgIpc) is 2.43. The summed E-state index contributed by atoms with van der Waals surface area (Å²) in [5.41, 5.74) is 0. The molecule has 13 heavy (non-hydrogen) atoms. The van der Waals surface area contributed by atoms with Crippen molar-refractivity contribution >= 4 is 6.29 Å². The highest BCUT2D eigenvalue weighted by Gasteiger charge is 2.43. The third kappa shape index (κ3) is 2.05. The van der Waals surface area contributed by atoms with Gasteiger partial charge in [-0.1, -0.05) is 0 Å². The van der Waals surface area contributed by atoms with E-state index < -0.39 is 18.3 Å². The molecule has 4 atom stereocenters. The number of methoxy groups -OCH3 is 2. The molecular weight excluding hydrogens is 176 g/mol. The summed E-state index contributed by atoms with van der Waals surface area (Å²) in [6.07, 6.45) is -1.99. The van der Waals surface area contributed by atoms with Gasteiger partial charge in [0.05, 0.1) is 6.61 Å². The van der Waals surface area contributed by atoms with Crippen LogP contribution in [-0.2, 0) is 19.0 Å². The first kappa shape index (κ1) is 10.6. The molecule has 1 fully saturated rings. The van der Waals surface area contributed by atoms with Gasteiger partial charge in [0.1, 0.15) is 24.4 Å². The SMILES string of the molecule is COCC1OC(C=O)C(O)C1OC. The highest BCUT2D eigenvalue weighted by Crippen LogP contribution is 2.22. The van der Waals surface area contributed by atoms with Crippen LogP contribution < -0.4 is 0 Å². The van der Waals surface area contributed by atoms with Crippen molar-refractivity contribution < 1.29 is 24.1 Å². The molecule has 1 saturated heterocycles. The van der Waals surface area contributed by atoms with E-state index in [2.05, 4.69) is 0 Å². The highest BCUT2D eigenvalue weighted by molar-refractivity contribution is 5.58. The molecule has 0 aromatic rings.